The van der Waals surface area contributed by atoms with Gasteiger partial charge in [0.2, 0.25) is 12.0 Å². The van der Waals surface area contributed by atoms with Gasteiger partial charge in [-0.05, 0) is 11.6 Å². The number of aromatic nitrogens is 1. The van der Waals surface area contributed by atoms with Crippen molar-refractivity contribution in [1.29, 1.82) is 0 Å². The molecule has 0 aliphatic heterocycles. The van der Waals surface area contributed by atoms with Crippen molar-refractivity contribution < 1.29 is 14.3 Å². The molecule has 0 spiro atoms. The van der Waals surface area contributed by atoms with Crippen LogP contribution in [-0.4, -0.2) is 17.6 Å². The highest BCUT2D eigenvalue weighted by Crippen LogP contribution is 2.37. The number of carbonyl (C=O) groups is 1. The molecule has 4 rings (SSSR count). The third-order valence-electron chi connectivity index (χ3n) is 5.07. The molecule has 4 aromatic rings. The summed E-state index contributed by atoms with van der Waals surface area (Å²) < 4.78 is 11.5. The number of rotatable bonds is 8. The van der Waals surface area contributed by atoms with Crippen molar-refractivity contribution in [1.82, 2.24) is 4.98 Å². The Morgan fingerprint density at radius 2 is 1.48 bits per heavy atom. The van der Waals surface area contributed by atoms with E-state index < -0.39 is 12.1 Å². The first-order valence-corrected chi connectivity index (χ1v) is 10.6. The summed E-state index contributed by atoms with van der Waals surface area (Å²) in [5.41, 5.74) is 10.8. The molecule has 33 heavy (non-hydrogen) atoms. The number of nitrogens with two attached hydrogens (primary N) is 1. The molecule has 1 unspecified atom stereocenters. The number of hydrogen-bond acceptors (Lipinski definition) is 5. The number of anilines is 1. The minimum atomic E-state index is -1.03. The van der Waals surface area contributed by atoms with Gasteiger partial charge in [0.25, 0.3) is 0 Å². The fourth-order valence-corrected chi connectivity index (χ4v) is 3.44. The molecule has 0 saturated heterocycles. The molecule has 1 aromatic heterocycles. The number of pyridine rings is 1. The highest BCUT2D eigenvalue weighted by atomic mass is 16.6. The lowest BCUT2D eigenvalue weighted by Gasteiger charge is -2.20. The fourth-order valence-electron chi connectivity index (χ4n) is 3.44. The molecule has 5 heteroatoms. The molecule has 0 saturated carbocycles. The first-order valence-electron chi connectivity index (χ1n) is 10.6. The lowest BCUT2D eigenvalue weighted by molar-refractivity contribution is -0.151. The summed E-state index contributed by atoms with van der Waals surface area (Å²) in [7, 11) is 0. The number of nitrogens with zero attached hydrogens (tertiary/aromatic N) is 1. The van der Waals surface area contributed by atoms with Gasteiger partial charge in [0, 0.05) is 16.7 Å². The third kappa shape index (κ3) is 5.10. The molecule has 1 atom stereocenters. The van der Waals surface area contributed by atoms with Gasteiger partial charge >= 0.3 is 5.97 Å². The summed E-state index contributed by atoms with van der Waals surface area (Å²) >= 11 is 0. The summed E-state index contributed by atoms with van der Waals surface area (Å²) in [5, 5.41) is 0. The van der Waals surface area contributed by atoms with Crippen LogP contribution in [0.3, 0.4) is 0 Å². The normalized spacial score (nSPS) is 11.4. The molecule has 0 radical (unpaired) electrons. The van der Waals surface area contributed by atoms with Crippen molar-refractivity contribution >= 4 is 11.7 Å². The average Bonchev–Trinajstić information content (AvgIpc) is 2.88. The van der Waals surface area contributed by atoms with Gasteiger partial charge in [-0.1, -0.05) is 104 Å². The van der Waals surface area contributed by atoms with Gasteiger partial charge in [0.05, 0.1) is 5.69 Å². The molecule has 0 fully saturated rings. The Kier molecular flexibility index (Phi) is 6.81. The van der Waals surface area contributed by atoms with E-state index in [1.807, 2.05) is 84.9 Å². The molecule has 0 aliphatic carbocycles. The Morgan fingerprint density at radius 3 is 2.09 bits per heavy atom. The van der Waals surface area contributed by atoms with Gasteiger partial charge in [0.15, 0.2) is 0 Å². The molecule has 0 bridgehead atoms. The molecule has 1 heterocycles. The zero-order valence-electron chi connectivity index (χ0n) is 18.1. The Bertz CT molecular complexity index is 1230. The van der Waals surface area contributed by atoms with E-state index in [-0.39, 0.29) is 12.5 Å². The average molecular weight is 437 g/mol. The minimum absolute atomic E-state index is 0.0771. The van der Waals surface area contributed by atoms with Gasteiger partial charge in [-0.2, -0.15) is 0 Å². The van der Waals surface area contributed by atoms with Crippen LogP contribution in [0.1, 0.15) is 11.7 Å². The molecule has 0 amide bonds. The fraction of sp³-hybridized carbons (Fsp3) is 0.0714. The monoisotopic (exact) mass is 436 g/mol. The molecule has 0 aliphatic rings. The topological polar surface area (TPSA) is 74.4 Å². The Hall–Kier alpha value is -4.38. The Balaban J connectivity index is 1.82. The van der Waals surface area contributed by atoms with Crippen molar-refractivity contribution in [3.8, 4) is 28.3 Å². The van der Waals surface area contributed by atoms with Gasteiger partial charge in [-0.15, -0.1) is 0 Å². The van der Waals surface area contributed by atoms with Gasteiger partial charge in [0.1, 0.15) is 12.3 Å². The number of esters is 1. The highest BCUT2D eigenvalue weighted by molar-refractivity contribution is 5.84. The SMILES string of the molecule is C=CCOC(=O)C(Oc1nc(-c2ccccc2)cc(-c2ccccc2)c1N)c1ccccc1. The third-order valence-corrected chi connectivity index (χ3v) is 5.07. The van der Waals surface area contributed by atoms with Crippen LogP contribution < -0.4 is 10.5 Å². The summed E-state index contributed by atoms with van der Waals surface area (Å²) in [6.45, 7) is 3.68. The van der Waals surface area contributed by atoms with Crippen LogP contribution in [0.15, 0.2) is 110 Å². The van der Waals surface area contributed by atoms with E-state index in [1.165, 1.54) is 6.08 Å². The first-order chi connectivity index (χ1) is 16.2. The minimum Gasteiger partial charge on any atom is -0.458 e. The van der Waals surface area contributed by atoms with Crippen LogP contribution >= 0.6 is 0 Å². The molecule has 3 aromatic carbocycles. The maximum Gasteiger partial charge on any atom is 0.352 e. The van der Waals surface area contributed by atoms with Gasteiger partial charge in [-0.25, -0.2) is 9.78 Å². The maximum atomic E-state index is 12.9. The highest BCUT2D eigenvalue weighted by Gasteiger charge is 2.27. The standard InChI is InChI=1S/C28H24N2O3/c1-2-18-32-28(31)26(22-16-10-5-11-17-22)33-27-25(29)23(20-12-6-3-7-13-20)19-24(30-27)21-14-8-4-9-15-21/h2-17,19,26H,1,18,29H2. The van der Waals surface area contributed by atoms with Crippen LogP contribution in [0.5, 0.6) is 5.88 Å². The number of nitrogen functional groups attached to an aromatic ring is 1. The summed E-state index contributed by atoms with van der Waals surface area (Å²) in [6, 6.07) is 30.6. The summed E-state index contributed by atoms with van der Waals surface area (Å²) in [4.78, 5) is 17.5. The van der Waals surface area contributed by atoms with Gasteiger partial charge < -0.3 is 15.2 Å². The first kappa shape index (κ1) is 21.8. The van der Waals surface area contributed by atoms with Crippen LogP contribution in [0.25, 0.3) is 22.4 Å². The van der Waals surface area contributed by atoms with Crippen LogP contribution in [-0.2, 0) is 9.53 Å². The van der Waals surface area contributed by atoms with Crippen molar-refractivity contribution in [2.45, 2.75) is 6.10 Å². The van der Waals surface area contributed by atoms with Gasteiger partial charge in [-0.3, -0.25) is 0 Å². The molecule has 164 valence electrons. The van der Waals surface area contributed by atoms with E-state index in [1.54, 1.807) is 12.1 Å². The number of ether oxygens (including phenoxy) is 2. The van der Waals surface area contributed by atoms with Crippen LogP contribution in [0.4, 0.5) is 5.69 Å². The van der Waals surface area contributed by atoms with Crippen molar-refractivity contribution in [2.75, 3.05) is 12.3 Å². The Morgan fingerprint density at radius 1 is 0.909 bits per heavy atom. The van der Waals surface area contributed by atoms with Crippen molar-refractivity contribution in [3.63, 3.8) is 0 Å². The van der Waals surface area contributed by atoms with E-state index in [2.05, 4.69) is 11.6 Å². The summed E-state index contributed by atoms with van der Waals surface area (Å²) in [6.07, 6.45) is 0.478. The molecule has 2 N–H and O–H groups in total. The van der Waals surface area contributed by atoms with Crippen molar-refractivity contribution in [2.24, 2.45) is 0 Å². The second-order valence-electron chi connectivity index (χ2n) is 7.33. The molecule has 5 nitrogen and oxygen atoms in total. The quantitative estimate of drug-likeness (QED) is 0.277. The number of hydrogen-bond donors (Lipinski definition) is 1. The predicted molar refractivity (Wildman–Crippen MR) is 130 cm³/mol. The van der Waals surface area contributed by atoms with E-state index >= 15 is 0 Å². The molecular formula is C28H24N2O3. The number of carbonyl (C=O) groups excluding carboxylic acids is 1. The lowest BCUT2D eigenvalue weighted by atomic mass is 10.0. The lowest BCUT2D eigenvalue weighted by Crippen LogP contribution is -2.22. The summed E-state index contributed by atoms with van der Waals surface area (Å²) in [5.74, 6) is -0.381. The van der Waals surface area contributed by atoms with E-state index in [0.717, 1.165) is 16.7 Å². The molecular weight excluding hydrogens is 412 g/mol. The van der Waals surface area contributed by atoms with E-state index in [9.17, 15) is 4.79 Å². The van der Waals surface area contributed by atoms with E-state index in [0.29, 0.717) is 16.9 Å². The zero-order chi connectivity index (χ0) is 23.0. The van der Waals surface area contributed by atoms with Crippen LogP contribution in [0, 0.1) is 0 Å². The maximum absolute atomic E-state index is 12.9. The largest absolute Gasteiger partial charge is 0.458 e. The smallest absolute Gasteiger partial charge is 0.352 e. The zero-order valence-corrected chi connectivity index (χ0v) is 18.1. The van der Waals surface area contributed by atoms with Crippen molar-refractivity contribution in [3.05, 3.63) is 115 Å². The Labute approximate surface area is 193 Å². The predicted octanol–water partition coefficient (Wildman–Crippen LogP) is 5.85. The second kappa shape index (κ2) is 10.3. The number of benzene rings is 3. The van der Waals surface area contributed by atoms with Crippen LogP contribution in [0.2, 0.25) is 0 Å². The van der Waals surface area contributed by atoms with E-state index in [4.69, 9.17) is 15.2 Å². The second-order valence-corrected chi connectivity index (χ2v) is 7.33.